The summed E-state index contributed by atoms with van der Waals surface area (Å²) in [7, 11) is 0. The molecule has 7 nitrogen and oxygen atoms in total. The average Bonchev–Trinajstić information content (AvgIpc) is 2.65. The van der Waals surface area contributed by atoms with E-state index in [0.29, 0.717) is 11.7 Å². The first-order valence-electron chi connectivity index (χ1n) is 9.16. The van der Waals surface area contributed by atoms with Gasteiger partial charge in [0.15, 0.2) is 0 Å². The zero-order valence-corrected chi connectivity index (χ0v) is 16.2. The topological polar surface area (TPSA) is 113 Å². The van der Waals surface area contributed by atoms with Gasteiger partial charge in [-0.3, -0.25) is 4.79 Å². The van der Waals surface area contributed by atoms with Crippen molar-refractivity contribution in [3.8, 4) is 0 Å². The van der Waals surface area contributed by atoms with Crippen LogP contribution in [0.5, 0.6) is 0 Å². The minimum atomic E-state index is -0.891. The fourth-order valence-corrected chi connectivity index (χ4v) is 2.71. The summed E-state index contributed by atoms with van der Waals surface area (Å²) in [5.74, 6) is -0.0706. The Kier molecular flexibility index (Phi) is 7.12. The molecule has 2 aromatic rings. The Hall–Kier alpha value is -2.67. The Morgan fingerprint density at radius 1 is 1.33 bits per heavy atom. The van der Waals surface area contributed by atoms with Crippen molar-refractivity contribution in [3.05, 3.63) is 47.9 Å². The first kappa shape index (κ1) is 20.6. The molecule has 0 saturated carbocycles. The number of carboxylic acids is 1. The largest absolute Gasteiger partial charge is 0.481 e. The second kappa shape index (κ2) is 9.32. The van der Waals surface area contributed by atoms with Crippen LogP contribution >= 0.6 is 0 Å². The van der Waals surface area contributed by atoms with Gasteiger partial charge in [-0.2, -0.15) is 0 Å². The zero-order valence-electron chi connectivity index (χ0n) is 16.2. The molecule has 1 unspecified atom stereocenters. The number of aliphatic carboxylic acids is 1. The summed E-state index contributed by atoms with van der Waals surface area (Å²) >= 11 is 0. The lowest BCUT2D eigenvalue weighted by atomic mass is 9.83. The second-order valence-electron chi connectivity index (χ2n) is 7.26. The average molecular weight is 371 g/mol. The maximum Gasteiger partial charge on any atom is 0.313 e. The normalized spacial score (nSPS) is 12.6. The van der Waals surface area contributed by atoms with E-state index < -0.39 is 11.4 Å². The van der Waals surface area contributed by atoms with Crippen LogP contribution in [-0.4, -0.2) is 40.7 Å². The van der Waals surface area contributed by atoms with Crippen LogP contribution in [0.3, 0.4) is 0 Å². The maximum atomic E-state index is 11.5. The molecule has 7 heteroatoms. The van der Waals surface area contributed by atoms with Crippen molar-refractivity contribution in [2.45, 2.75) is 38.5 Å². The van der Waals surface area contributed by atoms with Crippen LogP contribution in [-0.2, 0) is 10.2 Å². The van der Waals surface area contributed by atoms with Crippen molar-refractivity contribution in [2.75, 3.05) is 30.7 Å². The van der Waals surface area contributed by atoms with Crippen LogP contribution in [0, 0.1) is 0 Å². The van der Waals surface area contributed by atoms with Crippen LogP contribution in [0.15, 0.2) is 36.8 Å². The number of nitrogens with one attached hydrogen (secondary N) is 2. The summed E-state index contributed by atoms with van der Waals surface area (Å²) in [5.41, 5.74) is 7.59. The summed E-state index contributed by atoms with van der Waals surface area (Å²) in [6.07, 6.45) is 4.03. The summed E-state index contributed by atoms with van der Waals surface area (Å²) in [4.78, 5) is 19.3. The van der Waals surface area contributed by atoms with E-state index in [9.17, 15) is 9.90 Å². The Bertz CT molecular complexity index is 764. The minimum Gasteiger partial charge on any atom is -0.481 e. The van der Waals surface area contributed by atoms with Crippen molar-refractivity contribution in [1.29, 1.82) is 0 Å². The number of aromatic nitrogens is 2. The molecule has 0 aliphatic carbocycles. The molecule has 146 valence electrons. The lowest BCUT2D eigenvalue weighted by Gasteiger charge is -2.22. The molecule has 0 fully saturated rings. The number of carbonyl (C=O) groups is 1. The van der Waals surface area contributed by atoms with Gasteiger partial charge in [0, 0.05) is 13.1 Å². The van der Waals surface area contributed by atoms with Crippen LogP contribution in [0.2, 0.25) is 0 Å². The monoisotopic (exact) mass is 371 g/mol. The van der Waals surface area contributed by atoms with Gasteiger partial charge in [0.25, 0.3) is 0 Å². The fourth-order valence-electron chi connectivity index (χ4n) is 2.71. The number of nitrogens with two attached hydrogens (primary N) is 1. The third kappa shape index (κ3) is 5.65. The van der Waals surface area contributed by atoms with Crippen molar-refractivity contribution in [1.82, 2.24) is 15.3 Å². The van der Waals surface area contributed by atoms with Gasteiger partial charge in [-0.25, -0.2) is 9.97 Å². The SMILES string of the molecule is CC(CNCCCNc1cncnc1N)c1cccc(C(C)(C)C(=O)O)c1. The molecule has 0 amide bonds. The number of hydrogen-bond acceptors (Lipinski definition) is 6. The number of nitrogens with zero attached hydrogens (tertiary/aromatic N) is 2. The predicted octanol–water partition coefficient (Wildman–Crippen LogP) is 2.62. The van der Waals surface area contributed by atoms with E-state index in [0.717, 1.165) is 42.9 Å². The molecule has 0 spiro atoms. The highest BCUT2D eigenvalue weighted by Gasteiger charge is 2.29. The van der Waals surface area contributed by atoms with Gasteiger partial charge >= 0.3 is 5.97 Å². The van der Waals surface area contributed by atoms with Gasteiger partial charge in [-0.05, 0) is 43.9 Å². The third-order valence-electron chi connectivity index (χ3n) is 4.75. The lowest BCUT2D eigenvalue weighted by molar-refractivity contribution is -0.142. The lowest BCUT2D eigenvalue weighted by Crippen LogP contribution is -2.29. The highest BCUT2D eigenvalue weighted by molar-refractivity contribution is 5.80. The van der Waals surface area contributed by atoms with E-state index in [4.69, 9.17) is 5.73 Å². The van der Waals surface area contributed by atoms with E-state index in [1.54, 1.807) is 20.0 Å². The van der Waals surface area contributed by atoms with E-state index in [2.05, 4.69) is 27.5 Å². The number of anilines is 2. The fraction of sp³-hybridized carbons (Fsp3) is 0.450. The Labute approximate surface area is 160 Å². The van der Waals surface area contributed by atoms with E-state index in [1.165, 1.54) is 6.33 Å². The molecule has 0 radical (unpaired) electrons. The maximum absolute atomic E-state index is 11.5. The van der Waals surface area contributed by atoms with Gasteiger partial charge in [0.1, 0.15) is 12.1 Å². The van der Waals surface area contributed by atoms with Crippen LogP contribution < -0.4 is 16.4 Å². The molecule has 1 atom stereocenters. The third-order valence-corrected chi connectivity index (χ3v) is 4.75. The quantitative estimate of drug-likeness (QED) is 0.475. The van der Waals surface area contributed by atoms with Crippen molar-refractivity contribution < 1.29 is 9.90 Å². The molecule has 0 aliphatic heterocycles. The second-order valence-corrected chi connectivity index (χ2v) is 7.26. The number of hydrogen-bond donors (Lipinski definition) is 4. The van der Waals surface area contributed by atoms with Crippen molar-refractivity contribution in [3.63, 3.8) is 0 Å². The molecule has 1 aromatic carbocycles. The first-order valence-corrected chi connectivity index (χ1v) is 9.16. The predicted molar refractivity (Wildman–Crippen MR) is 108 cm³/mol. The standard InChI is InChI=1S/C20H29N5O2/c1-14(15-6-4-7-16(10-15)20(2,3)19(26)27)11-22-8-5-9-24-17-12-23-13-25-18(17)21/h4,6-7,10,12-14,22,24H,5,8-9,11H2,1-3H3,(H,26,27)(H2,21,23,25). The molecular weight excluding hydrogens is 342 g/mol. The highest BCUT2D eigenvalue weighted by atomic mass is 16.4. The molecule has 0 bridgehead atoms. The van der Waals surface area contributed by atoms with Crippen molar-refractivity contribution in [2.24, 2.45) is 0 Å². The van der Waals surface area contributed by atoms with Gasteiger partial charge in [-0.1, -0.05) is 31.2 Å². The molecular formula is C20H29N5O2. The summed E-state index contributed by atoms with van der Waals surface area (Å²) in [5, 5.41) is 16.1. The van der Waals surface area contributed by atoms with Gasteiger partial charge in [0.05, 0.1) is 17.3 Å². The number of rotatable bonds is 10. The highest BCUT2D eigenvalue weighted by Crippen LogP contribution is 2.26. The molecule has 1 aromatic heterocycles. The first-order chi connectivity index (χ1) is 12.8. The molecule has 0 saturated heterocycles. The van der Waals surface area contributed by atoms with Gasteiger partial charge < -0.3 is 21.5 Å². The van der Waals surface area contributed by atoms with Crippen LogP contribution in [0.25, 0.3) is 0 Å². The van der Waals surface area contributed by atoms with Crippen molar-refractivity contribution >= 4 is 17.5 Å². The summed E-state index contributed by atoms with van der Waals surface area (Å²) in [6.45, 7) is 8.07. The molecule has 27 heavy (non-hydrogen) atoms. The van der Waals surface area contributed by atoms with Gasteiger partial charge in [-0.15, -0.1) is 0 Å². The number of nitrogen functional groups attached to an aromatic ring is 1. The summed E-state index contributed by atoms with van der Waals surface area (Å²) < 4.78 is 0. The zero-order chi connectivity index (χ0) is 19.9. The van der Waals surface area contributed by atoms with Crippen LogP contribution in [0.1, 0.15) is 44.2 Å². The Morgan fingerprint density at radius 2 is 2.11 bits per heavy atom. The van der Waals surface area contributed by atoms with E-state index >= 15 is 0 Å². The molecule has 5 N–H and O–H groups in total. The Morgan fingerprint density at radius 3 is 2.81 bits per heavy atom. The minimum absolute atomic E-state index is 0.292. The number of benzene rings is 1. The van der Waals surface area contributed by atoms with Crippen LogP contribution in [0.4, 0.5) is 11.5 Å². The molecule has 1 heterocycles. The number of carboxylic acid groups (broad SMARTS) is 1. The van der Waals surface area contributed by atoms with E-state index in [-0.39, 0.29) is 0 Å². The molecule has 0 aliphatic rings. The smallest absolute Gasteiger partial charge is 0.313 e. The molecule has 2 rings (SSSR count). The summed E-state index contributed by atoms with van der Waals surface area (Å²) in [6, 6.07) is 7.86. The van der Waals surface area contributed by atoms with Gasteiger partial charge in [0.2, 0.25) is 0 Å². The van der Waals surface area contributed by atoms with E-state index in [1.807, 2.05) is 24.3 Å². The Balaban J connectivity index is 1.77.